The maximum Gasteiger partial charge on any atom is 0.00824 e. The van der Waals surface area contributed by atoms with Gasteiger partial charge in [0.25, 0.3) is 0 Å². The van der Waals surface area contributed by atoms with Gasteiger partial charge in [0.15, 0.2) is 0 Å². The van der Waals surface area contributed by atoms with Crippen LogP contribution in [0.3, 0.4) is 0 Å². The number of rotatable bonds is 2. The van der Waals surface area contributed by atoms with E-state index in [1.165, 1.54) is 24.1 Å². The summed E-state index contributed by atoms with van der Waals surface area (Å²) in [6.45, 7) is 7.83. The molecule has 1 aliphatic rings. The summed E-state index contributed by atoms with van der Waals surface area (Å²) in [5.41, 5.74) is 6.43. The highest BCUT2D eigenvalue weighted by Gasteiger charge is 2.35. The van der Waals surface area contributed by atoms with Gasteiger partial charge in [-0.2, -0.15) is 0 Å². The molecule has 0 aliphatic heterocycles. The van der Waals surface area contributed by atoms with E-state index in [-0.39, 0.29) is 0 Å². The Balaban J connectivity index is 2.21. The van der Waals surface area contributed by atoms with Gasteiger partial charge < -0.3 is 5.73 Å². The fourth-order valence-electron chi connectivity index (χ4n) is 2.91. The molecule has 1 aliphatic carbocycles. The van der Waals surface area contributed by atoms with Crippen molar-refractivity contribution in [3.63, 3.8) is 0 Å². The normalized spacial score (nSPS) is 29.2. The van der Waals surface area contributed by atoms with Crippen molar-refractivity contribution in [3.05, 3.63) is 21.9 Å². The molecule has 90 valence electrons. The summed E-state index contributed by atoms with van der Waals surface area (Å²) in [6, 6.07) is 4.56. The SMILES string of the molecule is Cc1ccc(C2CC(C)(C)CCC2CN)s1. The zero-order valence-electron chi connectivity index (χ0n) is 10.6. The van der Waals surface area contributed by atoms with E-state index in [1.54, 1.807) is 4.88 Å². The highest BCUT2D eigenvalue weighted by molar-refractivity contribution is 7.12. The van der Waals surface area contributed by atoms with Crippen LogP contribution in [-0.2, 0) is 0 Å². The Morgan fingerprint density at radius 3 is 2.75 bits per heavy atom. The first-order valence-electron chi connectivity index (χ1n) is 6.28. The van der Waals surface area contributed by atoms with Crippen LogP contribution in [0.4, 0.5) is 0 Å². The number of nitrogens with two attached hydrogens (primary N) is 1. The molecule has 1 heterocycles. The van der Waals surface area contributed by atoms with Crippen LogP contribution in [0.15, 0.2) is 12.1 Å². The minimum absolute atomic E-state index is 0.494. The van der Waals surface area contributed by atoms with Gasteiger partial charge in [-0.05, 0) is 62.1 Å². The van der Waals surface area contributed by atoms with Gasteiger partial charge in [0.05, 0.1) is 0 Å². The molecule has 0 amide bonds. The van der Waals surface area contributed by atoms with E-state index in [0.29, 0.717) is 17.3 Å². The maximum atomic E-state index is 5.93. The summed E-state index contributed by atoms with van der Waals surface area (Å²) in [5.74, 6) is 1.40. The molecule has 2 rings (SSSR count). The molecule has 2 unspecified atom stereocenters. The highest BCUT2D eigenvalue weighted by atomic mass is 32.1. The van der Waals surface area contributed by atoms with Gasteiger partial charge >= 0.3 is 0 Å². The Bertz CT molecular complexity index is 353. The molecule has 1 nitrogen and oxygen atoms in total. The quantitative estimate of drug-likeness (QED) is 0.829. The predicted molar refractivity (Wildman–Crippen MR) is 72.0 cm³/mol. The lowest BCUT2D eigenvalue weighted by molar-refractivity contribution is 0.167. The van der Waals surface area contributed by atoms with Crippen LogP contribution in [0, 0.1) is 18.3 Å². The summed E-state index contributed by atoms with van der Waals surface area (Å²) in [4.78, 5) is 2.98. The van der Waals surface area contributed by atoms with Crippen LogP contribution < -0.4 is 5.73 Å². The first-order valence-corrected chi connectivity index (χ1v) is 7.10. The third-order valence-electron chi connectivity index (χ3n) is 3.96. The van der Waals surface area contributed by atoms with Gasteiger partial charge in [0, 0.05) is 9.75 Å². The van der Waals surface area contributed by atoms with E-state index < -0.39 is 0 Å². The Morgan fingerprint density at radius 1 is 1.44 bits per heavy atom. The molecular weight excluding hydrogens is 214 g/mol. The fraction of sp³-hybridized carbons (Fsp3) is 0.714. The molecule has 0 radical (unpaired) electrons. The summed E-state index contributed by atoms with van der Waals surface area (Å²) in [5, 5.41) is 0. The molecule has 2 heteroatoms. The predicted octanol–water partition coefficient (Wildman–Crippen LogP) is 3.93. The van der Waals surface area contributed by atoms with Crippen molar-refractivity contribution < 1.29 is 0 Å². The van der Waals surface area contributed by atoms with Crippen LogP contribution in [0.2, 0.25) is 0 Å². The van der Waals surface area contributed by atoms with Crippen molar-refractivity contribution in [1.29, 1.82) is 0 Å². The second-order valence-corrected chi connectivity index (χ2v) is 7.28. The largest absolute Gasteiger partial charge is 0.330 e. The van der Waals surface area contributed by atoms with Gasteiger partial charge in [0.2, 0.25) is 0 Å². The van der Waals surface area contributed by atoms with Gasteiger partial charge in [-0.3, -0.25) is 0 Å². The number of hydrogen-bond donors (Lipinski definition) is 1. The molecule has 0 saturated heterocycles. The van der Waals surface area contributed by atoms with Gasteiger partial charge in [-0.25, -0.2) is 0 Å². The van der Waals surface area contributed by atoms with Crippen LogP contribution in [0.5, 0.6) is 0 Å². The number of hydrogen-bond acceptors (Lipinski definition) is 2. The van der Waals surface area contributed by atoms with Gasteiger partial charge in [0.1, 0.15) is 0 Å². The molecule has 16 heavy (non-hydrogen) atoms. The monoisotopic (exact) mass is 237 g/mol. The molecule has 2 N–H and O–H groups in total. The Labute approximate surface area is 103 Å². The summed E-state index contributed by atoms with van der Waals surface area (Å²) in [7, 11) is 0. The van der Waals surface area contributed by atoms with E-state index >= 15 is 0 Å². The van der Waals surface area contributed by atoms with Crippen LogP contribution >= 0.6 is 11.3 Å². The highest BCUT2D eigenvalue weighted by Crippen LogP contribution is 2.47. The number of thiophene rings is 1. The summed E-state index contributed by atoms with van der Waals surface area (Å²) in [6.07, 6.45) is 3.93. The van der Waals surface area contributed by atoms with Crippen LogP contribution in [-0.4, -0.2) is 6.54 Å². The average molecular weight is 237 g/mol. The average Bonchev–Trinajstić information content (AvgIpc) is 2.64. The molecule has 1 aromatic rings. The Morgan fingerprint density at radius 2 is 2.19 bits per heavy atom. The topological polar surface area (TPSA) is 26.0 Å². The van der Waals surface area contributed by atoms with Gasteiger partial charge in [-0.15, -0.1) is 11.3 Å². The van der Waals surface area contributed by atoms with Crippen LogP contribution in [0.1, 0.15) is 48.8 Å². The van der Waals surface area contributed by atoms with Gasteiger partial charge in [-0.1, -0.05) is 13.8 Å². The van der Waals surface area contributed by atoms with E-state index in [1.807, 2.05) is 11.3 Å². The maximum absolute atomic E-state index is 5.93. The molecule has 0 spiro atoms. The standard InChI is InChI=1S/C14H23NS/c1-10-4-5-13(16-10)12-8-14(2,3)7-6-11(12)9-15/h4-5,11-12H,6-9,15H2,1-3H3. The molecule has 0 bridgehead atoms. The lowest BCUT2D eigenvalue weighted by Gasteiger charge is -2.40. The molecule has 2 atom stereocenters. The molecule has 1 aromatic heterocycles. The number of aryl methyl sites for hydroxylation is 1. The van der Waals surface area contributed by atoms with Crippen molar-refractivity contribution >= 4 is 11.3 Å². The third-order valence-corrected chi connectivity index (χ3v) is 5.10. The minimum atomic E-state index is 0.494. The van der Waals surface area contributed by atoms with E-state index in [4.69, 9.17) is 5.73 Å². The first kappa shape index (κ1) is 12.1. The first-order chi connectivity index (χ1) is 7.52. The minimum Gasteiger partial charge on any atom is -0.330 e. The van der Waals surface area contributed by atoms with Crippen molar-refractivity contribution in [1.82, 2.24) is 0 Å². The smallest absolute Gasteiger partial charge is 0.00824 e. The summed E-state index contributed by atoms with van der Waals surface area (Å²) < 4.78 is 0. The van der Waals surface area contributed by atoms with Crippen LogP contribution in [0.25, 0.3) is 0 Å². The molecule has 1 fully saturated rings. The van der Waals surface area contributed by atoms with Crippen molar-refractivity contribution in [2.75, 3.05) is 6.54 Å². The Kier molecular flexibility index (Phi) is 3.41. The third kappa shape index (κ3) is 2.49. The molecule has 0 aromatic carbocycles. The lowest BCUT2D eigenvalue weighted by atomic mass is 9.67. The fourth-order valence-corrected chi connectivity index (χ4v) is 3.98. The zero-order valence-corrected chi connectivity index (χ0v) is 11.4. The van der Waals surface area contributed by atoms with Crippen molar-refractivity contribution in [2.45, 2.75) is 46.0 Å². The van der Waals surface area contributed by atoms with Crippen molar-refractivity contribution in [3.8, 4) is 0 Å². The van der Waals surface area contributed by atoms with Crippen molar-refractivity contribution in [2.24, 2.45) is 17.1 Å². The zero-order chi connectivity index (χ0) is 11.8. The second kappa shape index (κ2) is 4.50. The van der Waals surface area contributed by atoms with E-state index in [0.717, 1.165) is 6.54 Å². The lowest BCUT2D eigenvalue weighted by Crippen LogP contribution is -2.32. The summed E-state index contributed by atoms with van der Waals surface area (Å²) >= 11 is 1.96. The van der Waals surface area contributed by atoms with E-state index in [2.05, 4.69) is 32.9 Å². The molecular formula is C14H23NS. The Hall–Kier alpha value is -0.340. The molecule has 1 saturated carbocycles. The van der Waals surface area contributed by atoms with E-state index in [9.17, 15) is 0 Å². The second-order valence-electron chi connectivity index (χ2n) is 5.96.